The highest BCUT2D eigenvalue weighted by Gasteiger charge is 2.31. The number of amidine groups is 1. The first-order chi connectivity index (χ1) is 13.2. The summed E-state index contributed by atoms with van der Waals surface area (Å²) in [4.78, 5) is 28.6. The van der Waals surface area contributed by atoms with Crippen LogP contribution in [0.4, 0.5) is 0 Å². The van der Waals surface area contributed by atoms with E-state index in [-0.39, 0.29) is 21.3 Å². The molecule has 0 unspecified atom stereocenters. The topological polar surface area (TPSA) is 117 Å². The van der Waals surface area contributed by atoms with E-state index in [1.54, 1.807) is 18.2 Å². The second-order valence-corrected chi connectivity index (χ2v) is 8.32. The Balaban J connectivity index is 1.70. The van der Waals surface area contributed by atoms with Crippen molar-refractivity contribution < 1.29 is 18.0 Å². The quantitative estimate of drug-likeness (QED) is 0.631. The van der Waals surface area contributed by atoms with E-state index in [4.69, 9.17) is 23.2 Å². The molecule has 2 aromatic rings. The third kappa shape index (κ3) is 4.11. The van der Waals surface area contributed by atoms with Crippen molar-refractivity contribution in [2.75, 3.05) is 0 Å². The SMILES string of the molecule is C[C@H](N=C1NS(=O)(=O)c2ccccc21)C(=O)NNC(=O)c1cc(Cl)ccc1Cl. The van der Waals surface area contributed by atoms with Gasteiger partial charge in [0.05, 0.1) is 15.5 Å². The zero-order valence-electron chi connectivity index (χ0n) is 14.4. The maximum absolute atomic E-state index is 12.2. The van der Waals surface area contributed by atoms with Crippen LogP contribution in [-0.2, 0) is 14.8 Å². The number of hydrogen-bond donors (Lipinski definition) is 3. The second kappa shape index (κ2) is 7.78. The smallest absolute Gasteiger partial charge is 0.271 e. The van der Waals surface area contributed by atoms with Gasteiger partial charge in [-0.2, -0.15) is 0 Å². The summed E-state index contributed by atoms with van der Waals surface area (Å²) in [5.74, 6) is -1.25. The molecule has 28 heavy (non-hydrogen) atoms. The Morgan fingerprint density at radius 1 is 1.11 bits per heavy atom. The number of fused-ring (bicyclic) bond motifs is 1. The summed E-state index contributed by atoms with van der Waals surface area (Å²) in [6.45, 7) is 1.45. The van der Waals surface area contributed by atoms with E-state index in [0.29, 0.717) is 10.6 Å². The summed E-state index contributed by atoms with van der Waals surface area (Å²) in [5.41, 5.74) is 4.90. The zero-order valence-corrected chi connectivity index (χ0v) is 16.7. The molecule has 8 nitrogen and oxygen atoms in total. The fourth-order valence-corrected chi connectivity index (χ4v) is 4.06. The maximum Gasteiger partial charge on any atom is 0.271 e. The Morgan fingerprint density at radius 2 is 1.82 bits per heavy atom. The Hall–Kier alpha value is -2.62. The molecule has 0 saturated heterocycles. The molecule has 0 radical (unpaired) electrons. The van der Waals surface area contributed by atoms with Crippen molar-refractivity contribution in [3.8, 4) is 0 Å². The zero-order chi connectivity index (χ0) is 20.5. The Morgan fingerprint density at radius 3 is 2.57 bits per heavy atom. The van der Waals surface area contributed by atoms with Crippen LogP contribution in [0.25, 0.3) is 0 Å². The molecule has 2 aromatic carbocycles. The number of amides is 2. The number of hydrazine groups is 1. The minimum Gasteiger partial charge on any atom is -0.271 e. The third-order valence-corrected chi connectivity index (χ3v) is 5.80. The van der Waals surface area contributed by atoms with Gasteiger partial charge in [0.25, 0.3) is 21.8 Å². The Labute approximate surface area is 171 Å². The van der Waals surface area contributed by atoms with E-state index >= 15 is 0 Å². The van der Waals surface area contributed by atoms with Gasteiger partial charge >= 0.3 is 0 Å². The number of hydrogen-bond acceptors (Lipinski definition) is 5. The lowest BCUT2D eigenvalue weighted by molar-refractivity contribution is -0.122. The minimum absolute atomic E-state index is 0.0578. The van der Waals surface area contributed by atoms with E-state index in [1.165, 1.54) is 31.2 Å². The van der Waals surface area contributed by atoms with E-state index in [9.17, 15) is 18.0 Å². The van der Waals surface area contributed by atoms with Gasteiger partial charge in [-0.15, -0.1) is 0 Å². The van der Waals surface area contributed by atoms with Crippen LogP contribution in [0.15, 0.2) is 52.4 Å². The molecule has 11 heteroatoms. The molecule has 3 N–H and O–H groups in total. The maximum atomic E-state index is 12.2. The Kier molecular flexibility index (Phi) is 5.59. The number of nitrogens with zero attached hydrogens (tertiary/aromatic N) is 1. The highest BCUT2D eigenvalue weighted by atomic mass is 35.5. The van der Waals surface area contributed by atoms with Crippen LogP contribution in [-0.4, -0.2) is 32.1 Å². The van der Waals surface area contributed by atoms with Crippen molar-refractivity contribution in [2.24, 2.45) is 4.99 Å². The molecule has 0 saturated carbocycles. The van der Waals surface area contributed by atoms with Crippen molar-refractivity contribution in [1.82, 2.24) is 15.6 Å². The molecule has 146 valence electrons. The van der Waals surface area contributed by atoms with Crippen molar-refractivity contribution in [3.63, 3.8) is 0 Å². The van der Waals surface area contributed by atoms with Gasteiger partial charge in [0.1, 0.15) is 11.9 Å². The van der Waals surface area contributed by atoms with Gasteiger partial charge < -0.3 is 0 Å². The van der Waals surface area contributed by atoms with E-state index in [1.807, 2.05) is 0 Å². The largest absolute Gasteiger partial charge is 0.271 e. The van der Waals surface area contributed by atoms with Crippen molar-refractivity contribution in [1.29, 1.82) is 0 Å². The van der Waals surface area contributed by atoms with Gasteiger partial charge in [0.2, 0.25) is 0 Å². The van der Waals surface area contributed by atoms with E-state index < -0.39 is 27.9 Å². The molecular formula is C17H14Cl2N4O4S. The van der Waals surface area contributed by atoms with Crippen LogP contribution < -0.4 is 15.6 Å². The predicted molar refractivity (Wildman–Crippen MR) is 105 cm³/mol. The van der Waals surface area contributed by atoms with Crippen LogP contribution in [0.3, 0.4) is 0 Å². The number of carbonyl (C=O) groups is 2. The average molecular weight is 441 g/mol. The van der Waals surface area contributed by atoms with Crippen LogP contribution in [0.1, 0.15) is 22.8 Å². The molecule has 1 aliphatic heterocycles. The number of aliphatic imine (C=N–C) groups is 1. The summed E-state index contributed by atoms with van der Waals surface area (Å²) in [6.07, 6.45) is 0. The van der Waals surface area contributed by atoms with Crippen molar-refractivity contribution in [2.45, 2.75) is 17.9 Å². The Bertz CT molecular complexity index is 1100. The normalized spacial score (nSPS) is 16.8. The number of rotatable bonds is 3. The average Bonchev–Trinajstić information content (AvgIpc) is 2.92. The number of sulfonamides is 1. The van der Waals surface area contributed by atoms with Gasteiger partial charge in [0, 0.05) is 10.6 Å². The predicted octanol–water partition coefficient (Wildman–Crippen LogP) is 1.88. The summed E-state index contributed by atoms with van der Waals surface area (Å²) in [5, 5.41) is 0.481. The molecule has 1 atom stereocenters. The second-order valence-electron chi connectivity index (χ2n) is 5.82. The van der Waals surface area contributed by atoms with Crippen molar-refractivity contribution in [3.05, 3.63) is 63.6 Å². The molecule has 0 spiro atoms. The van der Waals surface area contributed by atoms with E-state index in [0.717, 1.165) is 0 Å². The van der Waals surface area contributed by atoms with Crippen LogP contribution >= 0.6 is 23.2 Å². The van der Waals surface area contributed by atoms with E-state index in [2.05, 4.69) is 20.6 Å². The standard InChI is InChI=1S/C17H14Cl2N4O4S/c1-9(20-15-11-4-2-3-5-14(11)28(26,27)23-15)16(24)21-22-17(25)12-8-10(18)6-7-13(12)19/h2-9H,1H3,(H,20,23)(H,21,24)(H,22,25)/t9-/m0/s1. The lowest BCUT2D eigenvalue weighted by Crippen LogP contribution is -2.45. The van der Waals surface area contributed by atoms with Crippen LogP contribution in [0, 0.1) is 0 Å². The van der Waals surface area contributed by atoms with Crippen molar-refractivity contribution >= 4 is 50.9 Å². The number of halogens is 2. The lowest BCUT2D eigenvalue weighted by atomic mass is 10.2. The summed E-state index contributed by atoms with van der Waals surface area (Å²) < 4.78 is 26.5. The monoisotopic (exact) mass is 440 g/mol. The highest BCUT2D eigenvalue weighted by molar-refractivity contribution is 7.90. The molecule has 0 aliphatic carbocycles. The fraction of sp³-hybridized carbons (Fsp3) is 0.118. The van der Waals surface area contributed by atoms with Gasteiger partial charge in [-0.25, -0.2) is 8.42 Å². The summed E-state index contributed by atoms with van der Waals surface area (Å²) in [7, 11) is -3.71. The number of carbonyl (C=O) groups excluding carboxylic acids is 2. The number of benzene rings is 2. The van der Waals surface area contributed by atoms with Gasteiger partial charge in [0.15, 0.2) is 0 Å². The lowest BCUT2D eigenvalue weighted by Gasteiger charge is -2.11. The first-order valence-electron chi connectivity index (χ1n) is 7.94. The molecule has 0 bridgehead atoms. The minimum atomic E-state index is -3.71. The third-order valence-electron chi connectivity index (χ3n) is 3.84. The highest BCUT2D eigenvalue weighted by Crippen LogP contribution is 2.23. The fourth-order valence-electron chi connectivity index (χ4n) is 2.44. The molecule has 0 aromatic heterocycles. The first kappa shape index (κ1) is 20.1. The van der Waals surface area contributed by atoms with Gasteiger partial charge in [-0.3, -0.25) is 30.2 Å². The van der Waals surface area contributed by atoms with Gasteiger partial charge in [-0.05, 0) is 37.3 Å². The molecule has 1 aliphatic rings. The molecule has 2 amide bonds. The molecular weight excluding hydrogens is 427 g/mol. The summed E-state index contributed by atoms with van der Waals surface area (Å²) >= 11 is 11.8. The first-order valence-corrected chi connectivity index (χ1v) is 10.2. The van der Waals surface area contributed by atoms with Gasteiger partial charge in [-0.1, -0.05) is 35.3 Å². The molecule has 0 fully saturated rings. The van der Waals surface area contributed by atoms with Crippen LogP contribution in [0.5, 0.6) is 0 Å². The molecule has 1 heterocycles. The molecule has 3 rings (SSSR count). The summed E-state index contributed by atoms with van der Waals surface area (Å²) in [6, 6.07) is 9.64. The number of nitrogens with one attached hydrogen (secondary N) is 3. The van der Waals surface area contributed by atoms with Crippen LogP contribution in [0.2, 0.25) is 10.0 Å².